The van der Waals surface area contributed by atoms with E-state index in [0.29, 0.717) is 32.2 Å². The predicted octanol–water partition coefficient (Wildman–Crippen LogP) is 1.81. The lowest BCUT2D eigenvalue weighted by Gasteiger charge is -2.56. The van der Waals surface area contributed by atoms with Crippen LogP contribution in [0.4, 0.5) is 0 Å². The summed E-state index contributed by atoms with van der Waals surface area (Å²) in [4.78, 5) is 14.6. The summed E-state index contributed by atoms with van der Waals surface area (Å²) in [5.41, 5.74) is 5.67. The third-order valence-electron chi connectivity index (χ3n) is 5.51. The van der Waals surface area contributed by atoms with Crippen molar-refractivity contribution < 1.29 is 14.6 Å². The van der Waals surface area contributed by atoms with Crippen LogP contribution in [0.15, 0.2) is 0 Å². The monoisotopic (exact) mass is 348 g/mol. The average Bonchev–Trinajstić information content (AvgIpc) is 2.51. The van der Waals surface area contributed by atoms with Crippen LogP contribution in [-0.2, 0) is 9.53 Å². The molecule has 0 aromatic rings. The van der Waals surface area contributed by atoms with E-state index in [1.807, 2.05) is 11.8 Å². The fraction of sp³-hybridized carbons (Fsp3) is 0.941. The molecule has 3 atom stereocenters. The summed E-state index contributed by atoms with van der Waals surface area (Å²) in [6.07, 6.45) is 3.14. The van der Waals surface area contributed by atoms with Gasteiger partial charge in [0.2, 0.25) is 5.91 Å². The molecule has 1 heterocycles. The topological polar surface area (TPSA) is 75.8 Å². The highest BCUT2D eigenvalue weighted by atomic mass is 35.5. The quantitative estimate of drug-likeness (QED) is 0.767. The highest BCUT2D eigenvalue weighted by Gasteiger charge is 2.56. The molecule has 0 radical (unpaired) electrons. The summed E-state index contributed by atoms with van der Waals surface area (Å²) >= 11 is 0. The molecule has 5 nitrogen and oxygen atoms in total. The second-order valence-corrected chi connectivity index (χ2v) is 7.32. The fourth-order valence-electron chi connectivity index (χ4n) is 4.09. The summed E-state index contributed by atoms with van der Waals surface area (Å²) in [5, 5.41) is 10.2. The van der Waals surface area contributed by atoms with E-state index in [0.717, 1.165) is 25.7 Å². The van der Waals surface area contributed by atoms with Gasteiger partial charge in [-0.1, -0.05) is 13.8 Å². The maximum Gasteiger partial charge on any atom is 0.226 e. The molecule has 3 unspecified atom stereocenters. The van der Waals surface area contributed by atoms with Gasteiger partial charge in [0.05, 0.1) is 18.1 Å². The van der Waals surface area contributed by atoms with Crippen LogP contribution >= 0.6 is 12.4 Å². The average molecular weight is 349 g/mol. The molecule has 0 aromatic carbocycles. The maximum absolute atomic E-state index is 12.6. The van der Waals surface area contributed by atoms with Gasteiger partial charge in [-0.25, -0.2) is 0 Å². The van der Waals surface area contributed by atoms with Gasteiger partial charge in [0.1, 0.15) is 0 Å². The molecular formula is C17H33ClN2O3. The SMILES string of the molecule is CCOC1CC(O)C12CCN(C(=O)C(CN)CC(C)C)CC2.Cl. The lowest BCUT2D eigenvalue weighted by Crippen LogP contribution is -2.63. The number of aliphatic hydroxyl groups excluding tert-OH is 1. The number of carbonyl (C=O) groups is 1. The second-order valence-electron chi connectivity index (χ2n) is 7.32. The zero-order valence-electron chi connectivity index (χ0n) is 14.7. The van der Waals surface area contributed by atoms with Crippen molar-refractivity contribution in [3.8, 4) is 0 Å². The van der Waals surface area contributed by atoms with Crippen molar-refractivity contribution in [2.24, 2.45) is 23.0 Å². The van der Waals surface area contributed by atoms with Crippen molar-refractivity contribution >= 4 is 18.3 Å². The van der Waals surface area contributed by atoms with Gasteiger partial charge in [-0.05, 0) is 32.1 Å². The first-order valence-corrected chi connectivity index (χ1v) is 8.73. The van der Waals surface area contributed by atoms with Crippen LogP contribution in [0.25, 0.3) is 0 Å². The fourth-order valence-corrected chi connectivity index (χ4v) is 4.09. The molecule has 2 fully saturated rings. The van der Waals surface area contributed by atoms with E-state index >= 15 is 0 Å². The molecule has 0 bridgehead atoms. The summed E-state index contributed by atoms with van der Waals surface area (Å²) in [6.45, 7) is 8.78. The number of carbonyl (C=O) groups excluding carboxylic acids is 1. The van der Waals surface area contributed by atoms with Crippen molar-refractivity contribution in [3.63, 3.8) is 0 Å². The first-order chi connectivity index (χ1) is 10.4. The highest BCUT2D eigenvalue weighted by Crippen LogP contribution is 2.51. The van der Waals surface area contributed by atoms with E-state index in [9.17, 15) is 9.90 Å². The van der Waals surface area contributed by atoms with E-state index in [1.165, 1.54) is 0 Å². The molecule has 0 aromatic heterocycles. The highest BCUT2D eigenvalue weighted by molar-refractivity contribution is 5.85. The maximum atomic E-state index is 12.6. The van der Waals surface area contributed by atoms with E-state index in [-0.39, 0.29) is 41.9 Å². The van der Waals surface area contributed by atoms with Crippen LogP contribution in [0.1, 0.15) is 46.5 Å². The molecule has 2 rings (SSSR count). The van der Waals surface area contributed by atoms with E-state index in [1.54, 1.807) is 0 Å². The van der Waals surface area contributed by atoms with Crippen LogP contribution in [0.3, 0.4) is 0 Å². The Morgan fingerprint density at radius 2 is 2.00 bits per heavy atom. The van der Waals surface area contributed by atoms with Gasteiger partial charge in [-0.15, -0.1) is 12.4 Å². The summed E-state index contributed by atoms with van der Waals surface area (Å²) in [6, 6.07) is 0. The van der Waals surface area contributed by atoms with Crippen LogP contribution in [0.5, 0.6) is 0 Å². The molecule has 1 spiro atoms. The van der Waals surface area contributed by atoms with Crippen LogP contribution in [0.2, 0.25) is 0 Å². The summed E-state index contributed by atoms with van der Waals surface area (Å²) < 4.78 is 5.78. The molecule has 2 aliphatic rings. The largest absolute Gasteiger partial charge is 0.392 e. The summed E-state index contributed by atoms with van der Waals surface area (Å²) in [5.74, 6) is 0.597. The number of likely N-dealkylation sites (tertiary alicyclic amines) is 1. The van der Waals surface area contributed by atoms with Gasteiger partial charge >= 0.3 is 0 Å². The van der Waals surface area contributed by atoms with Crippen LogP contribution < -0.4 is 5.73 Å². The number of aliphatic hydroxyl groups is 1. The lowest BCUT2D eigenvalue weighted by atomic mass is 9.58. The smallest absolute Gasteiger partial charge is 0.226 e. The molecule has 136 valence electrons. The van der Waals surface area contributed by atoms with Gasteiger partial charge in [-0.3, -0.25) is 4.79 Å². The van der Waals surface area contributed by atoms with Gasteiger partial charge in [0.15, 0.2) is 0 Å². The van der Waals surface area contributed by atoms with Crippen LogP contribution in [-0.4, -0.2) is 54.4 Å². The number of nitrogens with two attached hydrogens (primary N) is 1. The Labute approximate surface area is 146 Å². The molecule has 1 saturated heterocycles. The predicted molar refractivity (Wildman–Crippen MR) is 93.5 cm³/mol. The molecule has 1 amide bonds. The van der Waals surface area contributed by atoms with Crippen LogP contribution in [0, 0.1) is 17.3 Å². The second kappa shape index (κ2) is 8.65. The Morgan fingerprint density at radius 3 is 2.43 bits per heavy atom. The van der Waals surface area contributed by atoms with Crippen molar-refractivity contribution in [1.82, 2.24) is 4.90 Å². The van der Waals surface area contributed by atoms with Crippen molar-refractivity contribution in [2.75, 3.05) is 26.2 Å². The third kappa shape index (κ3) is 4.19. The molecule has 6 heteroatoms. The third-order valence-corrected chi connectivity index (χ3v) is 5.51. The van der Waals surface area contributed by atoms with Crippen molar-refractivity contribution in [1.29, 1.82) is 0 Å². The number of hydrogen-bond donors (Lipinski definition) is 2. The lowest BCUT2D eigenvalue weighted by molar-refractivity contribution is -0.210. The zero-order valence-corrected chi connectivity index (χ0v) is 15.5. The molecule has 3 N–H and O–H groups in total. The molecule has 1 aliphatic carbocycles. The minimum absolute atomic E-state index is 0. The minimum atomic E-state index is -0.276. The number of piperidine rings is 1. The van der Waals surface area contributed by atoms with Gasteiger partial charge in [0, 0.05) is 38.1 Å². The van der Waals surface area contributed by atoms with Crippen molar-refractivity contribution in [3.05, 3.63) is 0 Å². The normalized spacial score (nSPS) is 27.5. The molecule has 23 heavy (non-hydrogen) atoms. The standard InChI is InChI=1S/C17H32N2O3.ClH/c1-4-22-15-10-14(20)17(15)5-7-19(8-6-17)16(21)13(11-18)9-12(2)3;/h12-15,20H,4-11,18H2,1-3H3;1H. The molecular weight excluding hydrogens is 316 g/mol. The Hall–Kier alpha value is -0.360. The Kier molecular flexibility index (Phi) is 7.78. The van der Waals surface area contributed by atoms with Gasteiger partial charge in [0.25, 0.3) is 0 Å². The Balaban J connectivity index is 0.00000264. The zero-order chi connectivity index (χ0) is 16.3. The minimum Gasteiger partial charge on any atom is -0.392 e. The Bertz CT molecular complexity index is 382. The number of hydrogen-bond acceptors (Lipinski definition) is 4. The van der Waals surface area contributed by atoms with Gasteiger partial charge in [-0.2, -0.15) is 0 Å². The number of halogens is 1. The Morgan fingerprint density at radius 1 is 1.39 bits per heavy atom. The van der Waals surface area contributed by atoms with E-state index < -0.39 is 0 Å². The molecule has 1 saturated carbocycles. The molecule has 1 aliphatic heterocycles. The first kappa shape index (κ1) is 20.7. The van der Waals surface area contributed by atoms with E-state index in [2.05, 4.69) is 13.8 Å². The summed E-state index contributed by atoms with van der Waals surface area (Å²) in [7, 11) is 0. The van der Waals surface area contributed by atoms with Crippen molar-refractivity contribution in [2.45, 2.75) is 58.7 Å². The number of nitrogens with zero attached hydrogens (tertiary/aromatic N) is 1. The number of rotatable bonds is 6. The first-order valence-electron chi connectivity index (χ1n) is 8.73. The van der Waals surface area contributed by atoms with Gasteiger partial charge < -0.3 is 20.5 Å². The number of ether oxygens (including phenoxy) is 1. The van der Waals surface area contributed by atoms with E-state index in [4.69, 9.17) is 10.5 Å². The number of amides is 1.